The summed E-state index contributed by atoms with van der Waals surface area (Å²) in [5.41, 5.74) is 0.750. The van der Waals surface area contributed by atoms with Gasteiger partial charge in [0.05, 0.1) is 19.8 Å². The van der Waals surface area contributed by atoms with Gasteiger partial charge in [0, 0.05) is 5.56 Å². The number of nitrogens with zero attached hydrogens (tertiary/aromatic N) is 2. The van der Waals surface area contributed by atoms with Gasteiger partial charge in [-0.3, -0.25) is 0 Å². The van der Waals surface area contributed by atoms with Gasteiger partial charge in [-0.25, -0.2) is 9.18 Å². The monoisotopic (exact) mass is 372 g/mol. The van der Waals surface area contributed by atoms with Gasteiger partial charge >= 0.3 is 5.97 Å². The molecule has 0 amide bonds. The molecule has 3 aromatic rings. The Morgan fingerprint density at radius 2 is 1.81 bits per heavy atom. The van der Waals surface area contributed by atoms with Gasteiger partial charge in [0.2, 0.25) is 5.89 Å². The third-order valence-electron chi connectivity index (χ3n) is 3.80. The summed E-state index contributed by atoms with van der Waals surface area (Å²) in [6.45, 7) is 1.59. The van der Waals surface area contributed by atoms with Crippen molar-refractivity contribution in [3.05, 3.63) is 59.7 Å². The Kier molecular flexibility index (Phi) is 5.35. The first-order valence-corrected chi connectivity index (χ1v) is 8.04. The fraction of sp³-hybridized carbons (Fsp3) is 0.211. The van der Waals surface area contributed by atoms with Crippen molar-refractivity contribution in [3.8, 4) is 23.0 Å². The molecule has 0 saturated heterocycles. The molecule has 3 rings (SSSR count). The van der Waals surface area contributed by atoms with Gasteiger partial charge in [-0.1, -0.05) is 0 Å². The highest BCUT2D eigenvalue weighted by Crippen LogP contribution is 2.25. The van der Waals surface area contributed by atoms with E-state index < -0.39 is 17.9 Å². The van der Waals surface area contributed by atoms with Gasteiger partial charge in [0.25, 0.3) is 5.89 Å². The van der Waals surface area contributed by atoms with Gasteiger partial charge in [-0.15, -0.1) is 10.2 Å². The molecule has 0 fully saturated rings. The lowest BCUT2D eigenvalue weighted by molar-refractivity contribution is 0.0279. The van der Waals surface area contributed by atoms with Gasteiger partial charge in [0.15, 0.2) is 17.7 Å². The number of rotatable bonds is 6. The third kappa shape index (κ3) is 4.05. The molecule has 0 N–H and O–H groups in total. The summed E-state index contributed by atoms with van der Waals surface area (Å²) in [7, 11) is 2.92. The maximum absolute atomic E-state index is 13.7. The van der Waals surface area contributed by atoms with E-state index in [9.17, 15) is 9.18 Å². The van der Waals surface area contributed by atoms with Crippen LogP contribution in [0.15, 0.2) is 46.9 Å². The number of ether oxygens (including phenoxy) is 3. The maximum Gasteiger partial charge on any atom is 0.339 e. The molecule has 2 aromatic carbocycles. The van der Waals surface area contributed by atoms with Crippen molar-refractivity contribution in [2.45, 2.75) is 13.0 Å². The Bertz CT molecular complexity index is 940. The number of carbonyl (C=O) groups is 1. The highest BCUT2D eigenvalue weighted by atomic mass is 19.1. The standard InChI is InChI=1S/C19H17FN2O5/c1-11(26-19(23)13-6-9-16(25-3)15(20)10-13)17-21-22-18(27-17)12-4-7-14(24-2)8-5-12/h4-11H,1-3H3/t11-/m0/s1. The normalized spacial score (nSPS) is 11.7. The smallest absolute Gasteiger partial charge is 0.339 e. The summed E-state index contributed by atoms with van der Waals surface area (Å²) in [5, 5.41) is 7.86. The highest BCUT2D eigenvalue weighted by Gasteiger charge is 2.21. The average molecular weight is 372 g/mol. The third-order valence-corrected chi connectivity index (χ3v) is 3.80. The fourth-order valence-electron chi connectivity index (χ4n) is 2.32. The lowest BCUT2D eigenvalue weighted by Crippen LogP contribution is -2.10. The van der Waals surface area contributed by atoms with E-state index in [-0.39, 0.29) is 23.1 Å². The quantitative estimate of drug-likeness (QED) is 0.608. The van der Waals surface area contributed by atoms with Crippen LogP contribution in [-0.2, 0) is 4.74 Å². The van der Waals surface area contributed by atoms with Gasteiger partial charge in [0.1, 0.15) is 5.75 Å². The molecule has 0 spiro atoms. The Balaban J connectivity index is 1.70. The number of benzene rings is 2. The maximum atomic E-state index is 13.7. The number of hydrogen-bond donors (Lipinski definition) is 0. The summed E-state index contributed by atoms with van der Waals surface area (Å²) in [6, 6.07) is 10.9. The van der Waals surface area contributed by atoms with Crippen molar-refractivity contribution in [1.29, 1.82) is 0 Å². The van der Waals surface area contributed by atoms with Crippen molar-refractivity contribution in [3.63, 3.8) is 0 Å². The van der Waals surface area contributed by atoms with E-state index in [1.807, 2.05) is 0 Å². The summed E-state index contributed by atoms with van der Waals surface area (Å²) >= 11 is 0. The number of hydrogen-bond acceptors (Lipinski definition) is 7. The van der Waals surface area contributed by atoms with Crippen molar-refractivity contribution in [2.24, 2.45) is 0 Å². The highest BCUT2D eigenvalue weighted by molar-refractivity contribution is 5.89. The van der Waals surface area contributed by atoms with Crippen LogP contribution in [0, 0.1) is 5.82 Å². The molecule has 7 nitrogen and oxygen atoms in total. The van der Waals surface area contributed by atoms with Crippen LogP contribution in [0.3, 0.4) is 0 Å². The molecule has 0 aliphatic heterocycles. The molecular weight excluding hydrogens is 355 g/mol. The summed E-state index contributed by atoms with van der Waals surface area (Å²) in [4.78, 5) is 12.2. The van der Waals surface area contributed by atoms with Crippen LogP contribution in [0.4, 0.5) is 4.39 Å². The Labute approximate surface area is 154 Å². The molecule has 8 heteroatoms. The second-order valence-corrected chi connectivity index (χ2v) is 5.57. The summed E-state index contributed by atoms with van der Waals surface area (Å²) < 4.78 is 34.5. The first-order valence-electron chi connectivity index (χ1n) is 8.04. The van der Waals surface area contributed by atoms with Crippen LogP contribution < -0.4 is 9.47 Å². The van der Waals surface area contributed by atoms with Crippen molar-refractivity contribution in [2.75, 3.05) is 14.2 Å². The average Bonchev–Trinajstić information content (AvgIpc) is 3.18. The topological polar surface area (TPSA) is 83.7 Å². The molecule has 0 bridgehead atoms. The minimum Gasteiger partial charge on any atom is -0.497 e. The van der Waals surface area contributed by atoms with Gasteiger partial charge < -0.3 is 18.6 Å². The fourth-order valence-corrected chi connectivity index (χ4v) is 2.32. The Morgan fingerprint density at radius 1 is 1.07 bits per heavy atom. The van der Waals surface area contributed by atoms with Crippen LogP contribution in [-0.4, -0.2) is 30.4 Å². The molecule has 1 aromatic heterocycles. The van der Waals surface area contributed by atoms with E-state index in [2.05, 4.69) is 10.2 Å². The van der Waals surface area contributed by atoms with E-state index in [1.54, 1.807) is 38.3 Å². The molecule has 1 atom stereocenters. The predicted octanol–water partition coefficient (Wildman–Crippen LogP) is 3.81. The molecule has 0 aliphatic carbocycles. The second kappa shape index (κ2) is 7.86. The first-order chi connectivity index (χ1) is 13.0. The molecule has 0 aliphatic rings. The molecular formula is C19H17FN2O5. The van der Waals surface area contributed by atoms with Crippen LogP contribution in [0.1, 0.15) is 29.3 Å². The largest absolute Gasteiger partial charge is 0.497 e. The molecule has 0 radical (unpaired) electrons. The molecule has 0 saturated carbocycles. The summed E-state index contributed by atoms with van der Waals surface area (Å²) in [6.07, 6.45) is -0.804. The lowest BCUT2D eigenvalue weighted by atomic mass is 10.2. The number of carbonyl (C=O) groups excluding carboxylic acids is 1. The van der Waals surface area contributed by atoms with E-state index in [0.29, 0.717) is 11.3 Å². The molecule has 1 heterocycles. The number of methoxy groups -OCH3 is 2. The zero-order valence-electron chi connectivity index (χ0n) is 14.9. The zero-order valence-corrected chi connectivity index (χ0v) is 14.9. The van der Waals surface area contributed by atoms with E-state index in [4.69, 9.17) is 18.6 Å². The van der Waals surface area contributed by atoms with Crippen LogP contribution in [0.25, 0.3) is 11.5 Å². The molecule has 0 unspecified atom stereocenters. The van der Waals surface area contributed by atoms with Gasteiger partial charge in [-0.2, -0.15) is 0 Å². The first kappa shape index (κ1) is 18.4. The minimum atomic E-state index is -0.804. The molecule has 140 valence electrons. The number of halogens is 1. The van der Waals surface area contributed by atoms with Crippen LogP contribution in [0.5, 0.6) is 11.5 Å². The second-order valence-electron chi connectivity index (χ2n) is 5.57. The lowest BCUT2D eigenvalue weighted by Gasteiger charge is -2.10. The Morgan fingerprint density at radius 3 is 2.44 bits per heavy atom. The number of aromatic nitrogens is 2. The van der Waals surface area contributed by atoms with Crippen molar-refractivity contribution >= 4 is 5.97 Å². The SMILES string of the molecule is COc1ccc(-c2nnc([C@H](C)OC(=O)c3ccc(OC)c(F)c3)o2)cc1. The van der Waals surface area contributed by atoms with E-state index in [0.717, 1.165) is 6.07 Å². The molecule has 27 heavy (non-hydrogen) atoms. The van der Waals surface area contributed by atoms with Crippen LogP contribution in [0.2, 0.25) is 0 Å². The predicted molar refractivity (Wildman–Crippen MR) is 93.1 cm³/mol. The van der Waals surface area contributed by atoms with Gasteiger partial charge in [-0.05, 0) is 49.4 Å². The van der Waals surface area contributed by atoms with Crippen molar-refractivity contribution < 1.29 is 27.8 Å². The van der Waals surface area contributed by atoms with E-state index >= 15 is 0 Å². The van der Waals surface area contributed by atoms with Crippen LogP contribution >= 0.6 is 0 Å². The summed E-state index contributed by atoms with van der Waals surface area (Å²) in [5.74, 6) is -0.213. The van der Waals surface area contributed by atoms with E-state index in [1.165, 1.54) is 19.2 Å². The van der Waals surface area contributed by atoms with Crippen molar-refractivity contribution in [1.82, 2.24) is 10.2 Å². The Hall–Kier alpha value is -3.42. The number of esters is 1. The minimum absolute atomic E-state index is 0.0423. The zero-order chi connectivity index (χ0) is 19.4.